The van der Waals surface area contributed by atoms with Crippen LogP contribution >= 0.6 is 0 Å². The van der Waals surface area contributed by atoms with Crippen LogP contribution in [0.3, 0.4) is 0 Å². The van der Waals surface area contributed by atoms with Crippen LogP contribution in [0.2, 0.25) is 0 Å². The van der Waals surface area contributed by atoms with Gasteiger partial charge in [0.1, 0.15) is 0 Å². The van der Waals surface area contributed by atoms with Crippen molar-refractivity contribution < 1.29 is 13.5 Å². The summed E-state index contributed by atoms with van der Waals surface area (Å²) in [6.07, 6.45) is 1.44. The van der Waals surface area contributed by atoms with E-state index in [1.807, 2.05) is 37.3 Å². The second-order valence-electron chi connectivity index (χ2n) is 5.15. The Bertz CT molecular complexity index is 697. The Morgan fingerprint density at radius 3 is 2.52 bits per heavy atom. The molecule has 0 saturated carbocycles. The van der Waals surface area contributed by atoms with Gasteiger partial charge in [0.25, 0.3) is 0 Å². The molecular formula is C16H21NO3S. The normalized spacial score (nSPS) is 13.4. The first-order valence-electron chi connectivity index (χ1n) is 7.16. The molecule has 0 aliphatic heterocycles. The predicted molar refractivity (Wildman–Crippen MR) is 84.6 cm³/mol. The zero-order chi connectivity index (χ0) is 15.3. The molecule has 0 amide bonds. The van der Waals surface area contributed by atoms with Gasteiger partial charge in [0.05, 0.1) is 4.90 Å². The molecule has 2 N–H and O–H groups in total. The van der Waals surface area contributed by atoms with Gasteiger partial charge in [-0.15, -0.1) is 0 Å². The fraction of sp³-hybridized carbons (Fsp3) is 0.375. The van der Waals surface area contributed by atoms with E-state index in [1.165, 1.54) is 0 Å². The standard InChI is InChI=1S/C16H21NO3S/c1-2-13(9-10-18)12-17-21(19,20)16-8-7-14-5-3-4-6-15(14)11-16/h3-8,11,13,17-18H,2,9-10,12H2,1H3. The summed E-state index contributed by atoms with van der Waals surface area (Å²) in [5.74, 6) is 0.158. The monoisotopic (exact) mass is 307 g/mol. The smallest absolute Gasteiger partial charge is 0.240 e. The summed E-state index contributed by atoms with van der Waals surface area (Å²) in [6.45, 7) is 2.42. The van der Waals surface area contributed by atoms with Crippen molar-refractivity contribution in [3.05, 3.63) is 42.5 Å². The Kier molecular flexibility index (Phi) is 5.33. The van der Waals surface area contributed by atoms with Gasteiger partial charge in [0.2, 0.25) is 10.0 Å². The zero-order valence-corrected chi connectivity index (χ0v) is 12.9. The quantitative estimate of drug-likeness (QED) is 0.826. The molecule has 4 nitrogen and oxygen atoms in total. The van der Waals surface area contributed by atoms with Crippen molar-refractivity contribution in [3.63, 3.8) is 0 Å². The maximum atomic E-state index is 12.3. The lowest BCUT2D eigenvalue weighted by molar-refractivity contribution is 0.254. The van der Waals surface area contributed by atoms with Gasteiger partial charge in [-0.3, -0.25) is 0 Å². The lowest BCUT2D eigenvalue weighted by atomic mass is 10.0. The Hall–Kier alpha value is -1.43. The molecule has 2 aromatic carbocycles. The molecule has 1 atom stereocenters. The lowest BCUT2D eigenvalue weighted by Gasteiger charge is -2.14. The van der Waals surface area contributed by atoms with Crippen LogP contribution in [0, 0.1) is 5.92 Å². The van der Waals surface area contributed by atoms with Crippen molar-refractivity contribution in [2.24, 2.45) is 5.92 Å². The number of fused-ring (bicyclic) bond motifs is 1. The van der Waals surface area contributed by atoms with Gasteiger partial charge in [-0.2, -0.15) is 0 Å². The highest BCUT2D eigenvalue weighted by Gasteiger charge is 2.16. The van der Waals surface area contributed by atoms with E-state index in [-0.39, 0.29) is 17.4 Å². The number of benzene rings is 2. The van der Waals surface area contributed by atoms with Gasteiger partial charge in [-0.25, -0.2) is 13.1 Å². The van der Waals surface area contributed by atoms with Gasteiger partial charge in [0.15, 0.2) is 0 Å². The van der Waals surface area contributed by atoms with E-state index in [9.17, 15) is 8.42 Å². The number of nitrogens with one attached hydrogen (secondary N) is 1. The topological polar surface area (TPSA) is 66.4 Å². The van der Waals surface area contributed by atoms with Crippen molar-refractivity contribution in [3.8, 4) is 0 Å². The van der Waals surface area contributed by atoms with Crippen LogP contribution in [0.25, 0.3) is 10.8 Å². The summed E-state index contributed by atoms with van der Waals surface area (Å²) in [4.78, 5) is 0.278. The third kappa shape index (κ3) is 4.03. The van der Waals surface area contributed by atoms with Crippen LogP contribution < -0.4 is 4.72 Å². The molecule has 5 heteroatoms. The first-order chi connectivity index (χ1) is 10.1. The highest BCUT2D eigenvalue weighted by molar-refractivity contribution is 7.89. The van der Waals surface area contributed by atoms with E-state index in [1.54, 1.807) is 12.1 Å². The third-order valence-electron chi connectivity index (χ3n) is 3.71. The fourth-order valence-corrected chi connectivity index (χ4v) is 3.43. The second kappa shape index (κ2) is 7.02. The molecule has 114 valence electrons. The maximum Gasteiger partial charge on any atom is 0.240 e. The summed E-state index contributed by atoms with van der Waals surface area (Å²) in [5.41, 5.74) is 0. The van der Waals surface area contributed by atoms with Crippen LogP contribution in [0.15, 0.2) is 47.4 Å². The van der Waals surface area contributed by atoms with Gasteiger partial charge < -0.3 is 5.11 Å². The summed E-state index contributed by atoms with van der Waals surface area (Å²) >= 11 is 0. The Balaban J connectivity index is 2.17. The fourth-order valence-electron chi connectivity index (χ4n) is 2.28. The van der Waals surface area contributed by atoms with Gasteiger partial charge >= 0.3 is 0 Å². The number of aliphatic hydroxyl groups excluding tert-OH is 1. The molecule has 21 heavy (non-hydrogen) atoms. The summed E-state index contributed by atoms with van der Waals surface area (Å²) in [7, 11) is -3.51. The largest absolute Gasteiger partial charge is 0.396 e. The van der Waals surface area contributed by atoms with Gasteiger partial charge in [0, 0.05) is 13.2 Å². The van der Waals surface area contributed by atoms with E-state index in [0.29, 0.717) is 13.0 Å². The summed E-state index contributed by atoms with van der Waals surface area (Å²) in [6, 6.07) is 12.8. The molecule has 2 rings (SSSR count). The molecule has 0 heterocycles. The van der Waals surface area contributed by atoms with E-state index in [4.69, 9.17) is 5.11 Å². The van der Waals surface area contributed by atoms with Crippen LogP contribution in [0.4, 0.5) is 0 Å². The number of rotatable bonds is 7. The van der Waals surface area contributed by atoms with E-state index in [2.05, 4.69) is 4.72 Å². The Morgan fingerprint density at radius 1 is 1.14 bits per heavy atom. The van der Waals surface area contributed by atoms with Crippen LogP contribution in [-0.2, 0) is 10.0 Å². The first-order valence-corrected chi connectivity index (χ1v) is 8.64. The number of sulfonamides is 1. The Morgan fingerprint density at radius 2 is 1.86 bits per heavy atom. The molecular weight excluding hydrogens is 286 g/mol. The number of hydrogen-bond donors (Lipinski definition) is 2. The molecule has 0 aromatic heterocycles. The molecule has 0 saturated heterocycles. The SMILES string of the molecule is CCC(CCO)CNS(=O)(=O)c1ccc2ccccc2c1. The van der Waals surface area contributed by atoms with Crippen LogP contribution in [0.5, 0.6) is 0 Å². The van der Waals surface area contributed by atoms with Gasteiger partial charge in [-0.05, 0) is 35.2 Å². The van der Waals surface area contributed by atoms with Gasteiger partial charge in [-0.1, -0.05) is 43.7 Å². The molecule has 0 bridgehead atoms. The van der Waals surface area contributed by atoms with E-state index >= 15 is 0 Å². The molecule has 0 aliphatic rings. The predicted octanol–water partition coefficient (Wildman–Crippen LogP) is 2.53. The van der Waals surface area contributed by atoms with Crippen molar-refractivity contribution >= 4 is 20.8 Å². The zero-order valence-electron chi connectivity index (χ0n) is 12.1. The minimum atomic E-state index is -3.51. The van der Waals surface area contributed by atoms with Crippen molar-refractivity contribution in [1.82, 2.24) is 4.72 Å². The van der Waals surface area contributed by atoms with Crippen LogP contribution in [0.1, 0.15) is 19.8 Å². The lowest BCUT2D eigenvalue weighted by Crippen LogP contribution is -2.29. The molecule has 0 aliphatic carbocycles. The van der Waals surface area contributed by atoms with E-state index < -0.39 is 10.0 Å². The van der Waals surface area contributed by atoms with Crippen LogP contribution in [-0.4, -0.2) is 26.7 Å². The van der Waals surface area contributed by atoms with Crippen molar-refractivity contribution in [1.29, 1.82) is 0 Å². The first kappa shape index (κ1) is 15.9. The average Bonchev–Trinajstić information content (AvgIpc) is 2.51. The Labute approximate surface area is 125 Å². The number of hydrogen-bond acceptors (Lipinski definition) is 3. The minimum absolute atomic E-state index is 0.0796. The summed E-state index contributed by atoms with van der Waals surface area (Å²) in [5, 5.41) is 10.9. The molecule has 0 radical (unpaired) electrons. The third-order valence-corrected chi connectivity index (χ3v) is 5.13. The van der Waals surface area contributed by atoms with Crippen molar-refractivity contribution in [2.75, 3.05) is 13.2 Å². The summed E-state index contributed by atoms with van der Waals surface area (Å²) < 4.78 is 27.3. The maximum absolute atomic E-state index is 12.3. The highest BCUT2D eigenvalue weighted by atomic mass is 32.2. The minimum Gasteiger partial charge on any atom is -0.396 e. The molecule has 1 unspecified atom stereocenters. The molecule has 0 spiro atoms. The average molecular weight is 307 g/mol. The van der Waals surface area contributed by atoms with E-state index in [0.717, 1.165) is 17.2 Å². The van der Waals surface area contributed by atoms with Crippen molar-refractivity contribution in [2.45, 2.75) is 24.7 Å². The molecule has 2 aromatic rings. The number of aliphatic hydroxyl groups is 1. The molecule has 0 fully saturated rings. The second-order valence-corrected chi connectivity index (χ2v) is 6.91. The highest BCUT2D eigenvalue weighted by Crippen LogP contribution is 2.19.